The molecule has 1 aliphatic rings. The first-order valence-electron chi connectivity index (χ1n) is 7.01. The van der Waals surface area contributed by atoms with Gasteiger partial charge in [-0.25, -0.2) is 0 Å². The fraction of sp³-hybridized carbons (Fsp3) is 0.467. The summed E-state index contributed by atoms with van der Waals surface area (Å²) in [6.45, 7) is 4.22. The first-order valence-corrected chi connectivity index (χ1v) is 8.00. The van der Waals surface area contributed by atoms with Crippen molar-refractivity contribution in [1.82, 2.24) is 15.0 Å². The van der Waals surface area contributed by atoms with Crippen LogP contribution in [0.5, 0.6) is 0 Å². The van der Waals surface area contributed by atoms with Crippen molar-refractivity contribution in [3.05, 3.63) is 41.5 Å². The normalized spacial score (nSPS) is 19.2. The van der Waals surface area contributed by atoms with Crippen LogP contribution < -0.4 is 0 Å². The summed E-state index contributed by atoms with van der Waals surface area (Å²) in [7, 11) is 1.62. The van der Waals surface area contributed by atoms with Crippen LogP contribution in [-0.4, -0.2) is 33.9 Å². The van der Waals surface area contributed by atoms with Crippen LogP contribution in [0, 0.1) is 0 Å². The summed E-state index contributed by atoms with van der Waals surface area (Å²) >= 11 is 1.92. The van der Waals surface area contributed by atoms with Crippen molar-refractivity contribution < 1.29 is 9.26 Å². The molecule has 0 saturated carbocycles. The van der Waals surface area contributed by atoms with E-state index in [2.05, 4.69) is 46.2 Å². The average Bonchev–Trinajstić information content (AvgIpc) is 2.86. The molecule has 1 aromatic heterocycles. The Morgan fingerprint density at radius 2 is 2.29 bits per heavy atom. The lowest BCUT2D eigenvalue weighted by molar-refractivity contribution is 0.151. The zero-order chi connectivity index (χ0) is 14.7. The molecule has 1 aromatic carbocycles. The van der Waals surface area contributed by atoms with Gasteiger partial charge >= 0.3 is 0 Å². The SMILES string of the molecule is COCc1nc(CN2Cc3ccccc3SCC2C)no1. The van der Waals surface area contributed by atoms with Crippen molar-refractivity contribution in [2.24, 2.45) is 0 Å². The third kappa shape index (κ3) is 3.45. The van der Waals surface area contributed by atoms with Crippen LogP contribution in [0.1, 0.15) is 24.2 Å². The molecule has 21 heavy (non-hydrogen) atoms. The molecule has 3 rings (SSSR count). The van der Waals surface area contributed by atoms with Crippen LogP contribution >= 0.6 is 11.8 Å². The number of thioether (sulfide) groups is 1. The van der Waals surface area contributed by atoms with Gasteiger partial charge in [-0.1, -0.05) is 23.4 Å². The standard InChI is InChI=1S/C15H19N3O2S/c1-11-10-21-13-6-4-3-5-12(13)7-18(11)8-14-16-15(9-19-2)20-17-14/h3-6,11H,7-10H2,1-2H3. The monoisotopic (exact) mass is 305 g/mol. The van der Waals surface area contributed by atoms with Crippen molar-refractivity contribution in [2.75, 3.05) is 12.9 Å². The molecule has 0 saturated heterocycles. The molecule has 0 spiro atoms. The molecule has 2 heterocycles. The first kappa shape index (κ1) is 14.6. The van der Waals surface area contributed by atoms with Gasteiger partial charge in [-0.3, -0.25) is 4.90 Å². The van der Waals surface area contributed by atoms with Crippen LogP contribution in [0.25, 0.3) is 0 Å². The second-order valence-electron chi connectivity index (χ2n) is 5.21. The minimum Gasteiger partial charge on any atom is -0.375 e. The molecule has 0 N–H and O–H groups in total. The van der Waals surface area contributed by atoms with Crippen molar-refractivity contribution >= 4 is 11.8 Å². The Labute approximate surface area is 128 Å². The van der Waals surface area contributed by atoms with Gasteiger partial charge in [0.25, 0.3) is 5.89 Å². The molecular formula is C15H19N3O2S. The highest BCUT2D eigenvalue weighted by molar-refractivity contribution is 7.99. The van der Waals surface area contributed by atoms with E-state index in [1.54, 1.807) is 7.11 Å². The van der Waals surface area contributed by atoms with Crippen LogP contribution in [0.2, 0.25) is 0 Å². The highest BCUT2D eigenvalue weighted by atomic mass is 32.2. The van der Waals surface area contributed by atoms with E-state index in [4.69, 9.17) is 9.26 Å². The van der Waals surface area contributed by atoms with E-state index in [1.807, 2.05) is 11.8 Å². The van der Waals surface area contributed by atoms with Gasteiger partial charge in [-0.05, 0) is 18.6 Å². The van der Waals surface area contributed by atoms with E-state index < -0.39 is 0 Å². The largest absolute Gasteiger partial charge is 0.375 e. The Balaban J connectivity index is 1.74. The molecule has 5 nitrogen and oxygen atoms in total. The molecule has 0 amide bonds. The molecule has 1 unspecified atom stereocenters. The molecule has 112 valence electrons. The summed E-state index contributed by atoms with van der Waals surface area (Å²) in [5.41, 5.74) is 1.37. The van der Waals surface area contributed by atoms with Crippen molar-refractivity contribution in [3.63, 3.8) is 0 Å². The fourth-order valence-corrected chi connectivity index (χ4v) is 3.52. The molecule has 0 aliphatic carbocycles. The summed E-state index contributed by atoms with van der Waals surface area (Å²) in [6, 6.07) is 9.05. The van der Waals surface area contributed by atoms with Crippen molar-refractivity contribution in [2.45, 2.75) is 37.6 Å². The van der Waals surface area contributed by atoms with Gasteiger partial charge < -0.3 is 9.26 Å². The van der Waals surface area contributed by atoms with Crippen LogP contribution in [0.15, 0.2) is 33.7 Å². The smallest absolute Gasteiger partial charge is 0.252 e. The zero-order valence-corrected chi connectivity index (χ0v) is 13.1. The number of hydrogen-bond acceptors (Lipinski definition) is 6. The van der Waals surface area contributed by atoms with Gasteiger partial charge in [0.05, 0.1) is 6.54 Å². The minimum atomic E-state index is 0.362. The van der Waals surface area contributed by atoms with E-state index in [0.717, 1.165) is 18.1 Å². The summed E-state index contributed by atoms with van der Waals surface area (Å²) in [6.07, 6.45) is 0. The summed E-state index contributed by atoms with van der Waals surface area (Å²) in [4.78, 5) is 8.13. The summed E-state index contributed by atoms with van der Waals surface area (Å²) in [5, 5.41) is 4.04. The van der Waals surface area contributed by atoms with Gasteiger partial charge in [0, 0.05) is 30.3 Å². The number of methoxy groups -OCH3 is 1. The van der Waals surface area contributed by atoms with E-state index >= 15 is 0 Å². The Morgan fingerprint density at radius 3 is 3.14 bits per heavy atom. The van der Waals surface area contributed by atoms with Crippen LogP contribution in [-0.2, 0) is 24.4 Å². The number of nitrogens with zero attached hydrogens (tertiary/aromatic N) is 3. The van der Waals surface area contributed by atoms with Gasteiger partial charge in [0.2, 0.25) is 0 Å². The highest BCUT2D eigenvalue weighted by Crippen LogP contribution is 2.30. The second kappa shape index (κ2) is 6.60. The minimum absolute atomic E-state index is 0.362. The van der Waals surface area contributed by atoms with Crippen molar-refractivity contribution in [3.8, 4) is 0 Å². The van der Waals surface area contributed by atoms with E-state index in [1.165, 1.54) is 10.5 Å². The third-order valence-electron chi connectivity index (χ3n) is 3.57. The highest BCUT2D eigenvalue weighted by Gasteiger charge is 2.22. The Hall–Kier alpha value is -1.37. The van der Waals surface area contributed by atoms with Gasteiger partial charge in [0.1, 0.15) is 6.61 Å². The van der Waals surface area contributed by atoms with Gasteiger partial charge in [0.15, 0.2) is 5.82 Å². The van der Waals surface area contributed by atoms with E-state index in [0.29, 0.717) is 25.1 Å². The lowest BCUT2D eigenvalue weighted by Gasteiger charge is -2.25. The molecular weight excluding hydrogens is 286 g/mol. The van der Waals surface area contributed by atoms with Gasteiger partial charge in [-0.15, -0.1) is 11.8 Å². The van der Waals surface area contributed by atoms with E-state index in [-0.39, 0.29) is 0 Å². The summed E-state index contributed by atoms with van der Waals surface area (Å²) in [5.74, 6) is 2.32. The number of aromatic nitrogens is 2. The molecule has 0 fully saturated rings. The first-order chi connectivity index (χ1) is 10.3. The number of benzene rings is 1. The molecule has 1 atom stereocenters. The lowest BCUT2D eigenvalue weighted by Crippen LogP contribution is -2.33. The molecule has 6 heteroatoms. The lowest BCUT2D eigenvalue weighted by atomic mass is 10.2. The second-order valence-corrected chi connectivity index (χ2v) is 6.27. The van der Waals surface area contributed by atoms with Crippen molar-refractivity contribution in [1.29, 1.82) is 0 Å². The Bertz CT molecular complexity index is 602. The average molecular weight is 305 g/mol. The molecule has 2 aromatic rings. The Morgan fingerprint density at radius 1 is 1.43 bits per heavy atom. The predicted octanol–water partition coefficient (Wildman–Crippen LogP) is 2.71. The number of fused-ring (bicyclic) bond motifs is 1. The number of rotatable bonds is 4. The fourth-order valence-electron chi connectivity index (χ4n) is 2.40. The van der Waals surface area contributed by atoms with E-state index in [9.17, 15) is 0 Å². The molecule has 1 aliphatic heterocycles. The van der Waals surface area contributed by atoms with Gasteiger partial charge in [-0.2, -0.15) is 4.98 Å². The Kier molecular flexibility index (Phi) is 4.57. The maximum atomic E-state index is 5.16. The van der Waals surface area contributed by atoms with Crippen LogP contribution in [0.4, 0.5) is 0 Å². The molecule has 0 bridgehead atoms. The predicted molar refractivity (Wildman–Crippen MR) is 80.9 cm³/mol. The van der Waals surface area contributed by atoms with Crippen LogP contribution in [0.3, 0.4) is 0 Å². The maximum absolute atomic E-state index is 5.16. The zero-order valence-electron chi connectivity index (χ0n) is 12.3. The number of hydrogen-bond donors (Lipinski definition) is 0. The summed E-state index contributed by atoms with van der Waals surface area (Å²) < 4.78 is 10.2. The number of ether oxygens (including phenoxy) is 1. The topological polar surface area (TPSA) is 51.4 Å². The maximum Gasteiger partial charge on any atom is 0.252 e. The molecule has 0 radical (unpaired) electrons. The third-order valence-corrected chi connectivity index (χ3v) is 4.93. The quantitative estimate of drug-likeness (QED) is 0.865.